The van der Waals surface area contributed by atoms with E-state index in [0.717, 1.165) is 22.8 Å². The summed E-state index contributed by atoms with van der Waals surface area (Å²) in [7, 11) is 2.00. The van der Waals surface area contributed by atoms with Crippen molar-refractivity contribution < 1.29 is 0 Å². The minimum absolute atomic E-state index is 0.774. The van der Waals surface area contributed by atoms with E-state index in [9.17, 15) is 0 Å². The molecule has 1 heterocycles. The molecule has 1 aromatic heterocycles. The number of aromatic nitrogens is 1. The second-order valence-corrected chi connectivity index (χ2v) is 4.24. The van der Waals surface area contributed by atoms with Gasteiger partial charge in [-0.25, -0.2) is 4.98 Å². The van der Waals surface area contributed by atoms with Crippen LogP contribution in [0.2, 0.25) is 0 Å². The fourth-order valence-electron chi connectivity index (χ4n) is 1.77. The largest absolute Gasteiger partial charge is 0.398 e. The fraction of sp³-hybridized carbons (Fsp3) is 0.214. The Bertz CT molecular complexity index is 535. The molecule has 0 aliphatic heterocycles. The summed E-state index contributed by atoms with van der Waals surface area (Å²) in [5.74, 6) is 0.863. The van der Waals surface area contributed by atoms with Crippen LogP contribution < -0.4 is 10.6 Å². The molecule has 2 aromatic rings. The van der Waals surface area contributed by atoms with E-state index in [1.165, 1.54) is 5.56 Å². The summed E-state index contributed by atoms with van der Waals surface area (Å²) in [6, 6.07) is 10.1. The first-order chi connectivity index (χ1) is 8.09. The molecular formula is C14H17N3. The lowest BCUT2D eigenvalue weighted by atomic mass is 10.2. The maximum absolute atomic E-state index is 5.91. The predicted octanol–water partition coefficient (Wildman–Crippen LogP) is 3.05. The van der Waals surface area contributed by atoms with Crippen molar-refractivity contribution in [1.82, 2.24) is 4.98 Å². The Kier molecular flexibility index (Phi) is 3.00. The van der Waals surface area contributed by atoms with Gasteiger partial charge in [-0.05, 0) is 31.0 Å². The summed E-state index contributed by atoms with van der Waals surface area (Å²) >= 11 is 0. The number of benzene rings is 1. The van der Waals surface area contributed by atoms with Crippen LogP contribution in [0.4, 0.5) is 17.2 Å². The first kappa shape index (κ1) is 11.5. The van der Waals surface area contributed by atoms with Gasteiger partial charge in [-0.3, -0.25) is 0 Å². The SMILES string of the molecule is Cc1cnc(N(C)c2ccccc2C)cc1N. The minimum Gasteiger partial charge on any atom is -0.398 e. The molecule has 0 saturated carbocycles. The predicted molar refractivity (Wildman–Crippen MR) is 72.6 cm³/mol. The van der Waals surface area contributed by atoms with Gasteiger partial charge in [0.1, 0.15) is 5.82 Å². The minimum atomic E-state index is 0.774. The summed E-state index contributed by atoms with van der Waals surface area (Å²) in [5, 5.41) is 0. The second kappa shape index (κ2) is 4.45. The summed E-state index contributed by atoms with van der Waals surface area (Å²) in [4.78, 5) is 6.45. The van der Waals surface area contributed by atoms with Crippen molar-refractivity contribution >= 4 is 17.2 Å². The molecule has 0 radical (unpaired) electrons. The molecule has 0 saturated heterocycles. The molecule has 0 amide bonds. The van der Waals surface area contributed by atoms with Crippen LogP contribution in [0, 0.1) is 13.8 Å². The second-order valence-electron chi connectivity index (χ2n) is 4.24. The van der Waals surface area contributed by atoms with Crippen LogP contribution in [-0.2, 0) is 0 Å². The molecule has 0 atom stereocenters. The molecule has 0 spiro atoms. The standard InChI is InChI=1S/C14H17N3/c1-10-6-4-5-7-13(10)17(3)14-8-12(15)11(2)9-16-14/h4-9H,1-3H3,(H2,15,16). The lowest BCUT2D eigenvalue weighted by Gasteiger charge is -2.21. The van der Waals surface area contributed by atoms with Gasteiger partial charge in [0.15, 0.2) is 0 Å². The van der Waals surface area contributed by atoms with Crippen molar-refractivity contribution in [3.05, 3.63) is 47.7 Å². The zero-order chi connectivity index (χ0) is 12.4. The maximum Gasteiger partial charge on any atom is 0.134 e. The molecule has 2 N–H and O–H groups in total. The summed E-state index contributed by atoms with van der Waals surface area (Å²) in [6.45, 7) is 4.04. The van der Waals surface area contributed by atoms with Crippen LogP contribution in [0.3, 0.4) is 0 Å². The molecule has 2 rings (SSSR count). The molecule has 0 bridgehead atoms. The Labute approximate surface area is 102 Å². The number of aryl methyl sites for hydroxylation is 2. The van der Waals surface area contributed by atoms with E-state index in [4.69, 9.17) is 5.73 Å². The Morgan fingerprint density at radius 1 is 1.12 bits per heavy atom. The Morgan fingerprint density at radius 2 is 1.82 bits per heavy atom. The van der Waals surface area contributed by atoms with E-state index >= 15 is 0 Å². The van der Waals surface area contributed by atoms with E-state index in [2.05, 4.69) is 24.0 Å². The number of pyridine rings is 1. The molecular weight excluding hydrogens is 210 g/mol. The van der Waals surface area contributed by atoms with Crippen LogP contribution in [0.1, 0.15) is 11.1 Å². The van der Waals surface area contributed by atoms with Gasteiger partial charge in [-0.1, -0.05) is 18.2 Å². The van der Waals surface area contributed by atoms with E-state index in [1.54, 1.807) is 6.20 Å². The summed E-state index contributed by atoms with van der Waals surface area (Å²) < 4.78 is 0. The van der Waals surface area contributed by atoms with Crippen LogP contribution in [0.25, 0.3) is 0 Å². The van der Waals surface area contributed by atoms with Crippen LogP contribution in [0.5, 0.6) is 0 Å². The molecule has 0 unspecified atom stereocenters. The number of hydrogen-bond donors (Lipinski definition) is 1. The molecule has 3 heteroatoms. The highest BCUT2D eigenvalue weighted by molar-refractivity contribution is 5.66. The number of nitrogens with zero attached hydrogens (tertiary/aromatic N) is 2. The fourth-order valence-corrected chi connectivity index (χ4v) is 1.77. The zero-order valence-electron chi connectivity index (χ0n) is 10.4. The smallest absolute Gasteiger partial charge is 0.134 e. The van der Waals surface area contributed by atoms with Crippen molar-refractivity contribution in [3.63, 3.8) is 0 Å². The highest BCUT2D eigenvalue weighted by Gasteiger charge is 2.08. The van der Waals surface area contributed by atoms with Gasteiger partial charge >= 0.3 is 0 Å². The molecule has 17 heavy (non-hydrogen) atoms. The molecule has 0 aliphatic rings. The number of nitrogen functional groups attached to an aromatic ring is 1. The summed E-state index contributed by atoms with van der Waals surface area (Å²) in [5.41, 5.74) is 10.0. The monoisotopic (exact) mass is 227 g/mol. The number of hydrogen-bond acceptors (Lipinski definition) is 3. The average molecular weight is 227 g/mol. The molecule has 3 nitrogen and oxygen atoms in total. The number of nitrogens with two attached hydrogens (primary N) is 1. The van der Waals surface area contributed by atoms with E-state index < -0.39 is 0 Å². The molecule has 88 valence electrons. The third-order valence-corrected chi connectivity index (χ3v) is 2.95. The van der Waals surface area contributed by atoms with Crippen molar-refractivity contribution in [2.24, 2.45) is 0 Å². The van der Waals surface area contributed by atoms with Crippen LogP contribution in [0.15, 0.2) is 36.5 Å². The highest BCUT2D eigenvalue weighted by Crippen LogP contribution is 2.26. The molecule has 0 aliphatic carbocycles. The quantitative estimate of drug-likeness (QED) is 0.857. The van der Waals surface area contributed by atoms with Gasteiger partial charge in [0.25, 0.3) is 0 Å². The molecule has 1 aromatic carbocycles. The Morgan fingerprint density at radius 3 is 2.47 bits per heavy atom. The van der Waals surface area contributed by atoms with Gasteiger partial charge in [-0.2, -0.15) is 0 Å². The Hall–Kier alpha value is -2.03. The first-order valence-corrected chi connectivity index (χ1v) is 5.61. The summed E-state index contributed by atoms with van der Waals surface area (Å²) in [6.07, 6.45) is 1.80. The lowest BCUT2D eigenvalue weighted by molar-refractivity contribution is 1.11. The van der Waals surface area contributed by atoms with Gasteiger partial charge in [-0.15, -0.1) is 0 Å². The third kappa shape index (κ3) is 2.23. The van der Waals surface area contributed by atoms with Gasteiger partial charge in [0.2, 0.25) is 0 Å². The number of rotatable bonds is 2. The van der Waals surface area contributed by atoms with Crippen LogP contribution >= 0.6 is 0 Å². The van der Waals surface area contributed by atoms with E-state index in [0.29, 0.717) is 0 Å². The normalized spacial score (nSPS) is 10.3. The molecule has 0 fully saturated rings. The number of para-hydroxylation sites is 1. The van der Waals surface area contributed by atoms with Crippen molar-refractivity contribution in [2.45, 2.75) is 13.8 Å². The first-order valence-electron chi connectivity index (χ1n) is 5.61. The Balaban J connectivity index is 2.40. The van der Waals surface area contributed by atoms with Gasteiger partial charge in [0, 0.05) is 30.7 Å². The highest BCUT2D eigenvalue weighted by atomic mass is 15.2. The lowest BCUT2D eigenvalue weighted by Crippen LogP contribution is -2.13. The zero-order valence-corrected chi connectivity index (χ0v) is 10.4. The van der Waals surface area contributed by atoms with Gasteiger partial charge in [0.05, 0.1) is 0 Å². The number of anilines is 3. The van der Waals surface area contributed by atoms with Crippen LogP contribution in [-0.4, -0.2) is 12.0 Å². The van der Waals surface area contributed by atoms with E-state index in [-0.39, 0.29) is 0 Å². The topological polar surface area (TPSA) is 42.2 Å². The van der Waals surface area contributed by atoms with E-state index in [1.807, 2.05) is 37.1 Å². The van der Waals surface area contributed by atoms with Crippen molar-refractivity contribution in [1.29, 1.82) is 0 Å². The average Bonchev–Trinajstić information content (AvgIpc) is 2.32. The van der Waals surface area contributed by atoms with Crippen molar-refractivity contribution in [2.75, 3.05) is 17.7 Å². The maximum atomic E-state index is 5.91. The van der Waals surface area contributed by atoms with Crippen molar-refractivity contribution in [3.8, 4) is 0 Å². The third-order valence-electron chi connectivity index (χ3n) is 2.95. The van der Waals surface area contributed by atoms with Gasteiger partial charge < -0.3 is 10.6 Å².